The second kappa shape index (κ2) is 4.23. The summed E-state index contributed by atoms with van der Waals surface area (Å²) >= 11 is 0. The minimum atomic E-state index is 0.583. The van der Waals surface area contributed by atoms with Crippen molar-refractivity contribution < 1.29 is 0 Å². The Morgan fingerprint density at radius 2 is 2.26 bits per heavy atom. The molecule has 4 nitrogen and oxygen atoms in total. The van der Waals surface area contributed by atoms with E-state index in [1.807, 2.05) is 6.20 Å². The Hall–Kier alpha value is -1.55. The van der Waals surface area contributed by atoms with Gasteiger partial charge in [0.1, 0.15) is 0 Å². The van der Waals surface area contributed by atoms with E-state index in [1.165, 1.54) is 36.9 Å². The summed E-state index contributed by atoms with van der Waals surface area (Å²) in [6.07, 6.45) is 5.93. The highest BCUT2D eigenvalue weighted by molar-refractivity contribution is 5.81. The fourth-order valence-electron chi connectivity index (χ4n) is 3.34. The third-order valence-corrected chi connectivity index (χ3v) is 4.45. The van der Waals surface area contributed by atoms with Crippen molar-refractivity contribution in [1.29, 1.82) is 0 Å². The summed E-state index contributed by atoms with van der Waals surface area (Å²) < 4.78 is 0. The summed E-state index contributed by atoms with van der Waals surface area (Å²) in [6, 6.07) is 8.61. The monoisotopic (exact) mass is 256 g/mol. The molecule has 0 spiro atoms. The van der Waals surface area contributed by atoms with E-state index in [1.54, 1.807) is 0 Å². The lowest BCUT2D eigenvalue weighted by molar-refractivity contribution is 0.257. The predicted octanol–water partition coefficient (Wildman–Crippen LogP) is 2.60. The van der Waals surface area contributed by atoms with Crippen molar-refractivity contribution in [2.45, 2.75) is 44.3 Å². The lowest BCUT2D eigenvalue weighted by atomic mass is 10.1. The molecule has 1 saturated carbocycles. The quantitative estimate of drug-likeness (QED) is 0.887. The van der Waals surface area contributed by atoms with E-state index in [9.17, 15) is 0 Å². The standard InChI is InChI=1S/C15H20N4/c1-10-6-13(9-19(10)14-3-4-14)17-12-2-5-15-11(7-12)8-16-18-15/h2,5,7-8,10,13-14,17H,3-4,6,9H2,1H3,(H,16,18). The largest absolute Gasteiger partial charge is 0.381 e. The predicted molar refractivity (Wildman–Crippen MR) is 77.3 cm³/mol. The Morgan fingerprint density at radius 3 is 3.11 bits per heavy atom. The van der Waals surface area contributed by atoms with Gasteiger partial charge in [0.05, 0.1) is 11.7 Å². The van der Waals surface area contributed by atoms with Gasteiger partial charge in [-0.15, -0.1) is 0 Å². The number of aromatic amines is 1. The molecule has 2 heterocycles. The fraction of sp³-hybridized carbons (Fsp3) is 0.533. The summed E-state index contributed by atoms with van der Waals surface area (Å²) in [7, 11) is 0. The van der Waals surface area contributed by atoms with Gasteiger partial charge in [-0.25, -0.2) is 0 Å². The average Bonchev–Trinajstić information content (AvgIpc) is 3.02. The van der Waals surface area contributed by atoms with E-state index in [0.29, 0.717) is 6.04 Å². The van der Waals surface area contributed by atoms with Gasteiger partial charge in [-0.3, -0.25) is 10.00 Å². The van der Waals surface area contributed by atoms with Gasteiger partial charge in [0, 0.05) is 35.7 Å². The molecule has 1 aromatic carbocycles. The van der Waals surface area contributed by atoms with Gasteiger partial charge in [0.25, 0.3) is 0 Å². The van der Waals surface area contributed by atoms with Crippen molar-refractivity contribution >= 4 is 16.6 Å². The Balaban J connectivity index is 1.48. The Kier molecular flexibility index (Phi) is 2.52. The molecule has 1 aromatic heterocycles. The van der Waals surface area contributed by atoms with Gasteiger partial charge in [-0.1, -0.05) is 0 Å². The van der Waals surface area contributed by atoms with Crippen LogP contribution in [0.5, 0.6) is 0 Å². The number of anilines is 1. The number of H-pyrrole nitrogens is 1. The first-order valence-corrected chi connectivity index (χ1v) is 7.25. The molecule has 2 atom stereocenters. The molecular weight excluding hydrogens is 236 g/mol. The van der Waals surface area contributed by atoms with Gasteiger partial charge in [0.15, 0.2) is 0 Å². The third kappa shape index (κ3) is 2.10. The molecule has 2 aliphatic rings. The highest BCUT2D eigenvalue weighted by Gasteiger charge is 2.38. The molecule has 4 rings (SSSR count). The molecule has 0 radical (unpaired) electrons. The van der Waals surface area contributed by atoms with E-state index >= 15 is 0 Å². The van der Waals surface area contributed by atoms with E-state index in [-0.39, 0.29) is 0 Å². The second-order valence-electron chi connectivity index (χ2n) is 6.03. The van der Waals surface area contributed by atoms with Gasteiger partial charge < -0.3 is 5.32 Å². The first-order valence-electron chi connectivity index (χ1n) is 7.25. The number of benzene rings is 1. The van der Waals surface area contributed by atoms with Crippen LogP contribution in [0.25, 0.3) is 10.9 Å². The van der Waals surface area contributed by atoms with Crippen LogP contribution in [-0.2, 0) is 0 Å². The number of aromatic nitrogens is 2. The van der Waals surface area contributed by atoms with Crippen LogP contribution in [0.3, 0.4) is 0 Å². The topological polar surface area (TPSA) is 44.0 Å². The summed E-state index contributed by atoms with van der Waals surface area (Å²) in [5.41, 5.74) is 2.31. The van der Waals surface area contributed by atoms with Gasteiger partial charge >= 0.3 is 0 Å². The van der Waals surface area contributed by atoms with Crippen LogP contribution in [0.15, 0.2) is 24.4 Å². The maximum atomic E-state index is 4.07. The summed E-state index contributed by atoms with van der Waals surface area (Å²) in [5, 5.41) is 11.9. The van der Waals surface area contributed by atoms with Crippen LogP contribution in [0.4, 0.5) is 5.69 Å². The zero-order valence-electron chi connectivity index (χ0n) is 11.3. The molecule has 1 aliphatic heterocycles. The zero-order valence-corrected chi connectivity index (χ0v) is 11.3. The molecule has 2 N–H and O–H groups in total. The molecule has 19 heavy (non-hydrogen) atoms. The lowest BCUT2D eigenvalue weighted by Gasteiger charge is -2.20. The van der Waals surface area contributed by atoms with Crippen molar-refractivity contribution in [3.05, 3.63) is 24.4 Å². The minimum Gasteiger partial charge on any atom is -0.381 e. The van der Waals surface area contributed by atoms with E-state index in [4.69, 9.17) is 0 Å². The highest BCUT2D eigenvalue weighted by atomic mass is 15.3. The number of nitrogens with one attached hydrogen (secondary N) is 2. The van der Waals surface area contributed by atoms with Crippen LogP contribution in [0.2, 0.25) is 0 Å². The van der Waals surface area contributed by atoms with Crippen LogP contribution in [-0.4, -0.2) is 39.8 Å². The molecule has 1 aliphatic carbocycles. The van der Waals surface area contributed by atoms with Crippen molar-refractivity contribution in [3.8, 4) is 0 Å². The molecule has 4 heteroatoms. The fourth-order valence-corrected chi connectivity index (χ4v) is 3.34. The van der Waals surface area contributed by atoms with Gasteiger partial charge in [-0.05, 0) is 44.4 Å². The van der Waals surface area contributed by atoms with Gasteiger partial charge in [-0.2, -0.15) is 5.10 Å². The normalized spacial score (nSPS) is 28.1. The van der Waals surface area contributed by atoms with Crippen molar-refractivity contribution in [1.82, 2.24) is 15.1 Å². The van der Waals surface area contributed by atoms with Crippen LogP contribution >= 0.6 is 0 Å². The molecular formula is C15H20N4. The minimum absolute atomic E-state index is 0.583. The maximum absolute atomic E-state index is 4.07. The first kappa shape index (κ1) is 11.3. The SMILES string of the molecule is CC1CC(Nc2ccc3[nH]ncc3c2)CN1C1CC1. The number of hydrogen-bond acceptors (Lipinski definition) is 3. The Bertz CT molecular complexity index is 587. The molecule has 1 saturated heterocycles. The van der Waals surface area contributed by atoms with Crippen molar-refractivity contribution in [2.24, 2.45) is 0 Å². The zero-order chi connectivity index (χ0) is 12.8. The van der Waals surface area contributed by atoms with Crippen LogP contribution in [0, 0.1) is 0 Å². The van der Waals surface area contributed by atoms with E-state index in [0.717, 1.165) is 17.6 Å². The van der Waals surface area contributed by atoms with E-state index in [2.05, 4.69) is 45.5 Å². The molecule has 2 fully saturated rings. The first-order chi connectivity index (χ1) is 9.29. The number of nitrogens with zero attached hydrogens (tertiary/aromatic N) is 2. The molecule has 0 bridgehead atoms. The second-order valence-corrected chi connectivity index (χ2v) is 6.03. The lowest BCUT2D eigenvalue weighted by Crippen LogP contribution is -2.30. The number of hydrogen-bond donors (Lipinski definition) is 2. The number of fused-ring (bicyclic) bond motifs is 1. The van der Waals surface area contributed by atoms with Crippen LogP contribution in [0.1, 0.15) is 26.2 Å². The van der Waals surface area contributed by atoms with E-state index < -0.39 is 0 Å². The third-order valence-electron chi connectivity index (χ3n) is 4.45. The van der Waals surface area contributed by atoms with Crippen molar-refractivity contribution in [2.75, 3.05) is 11.9 Å². The smallest absolute Gasteiger partial charge is 0.0651 e. The summed E-state index contributed by atoms with van der Waals surface area (Å²) in [5.74, 6) is 0. The highest BCUT2D eigenvalue weighted by Crippen LogP contribution is 2.34. The average molecular weight is 256 g/mol. The molecule has 2 aromatic rings. The Morgan fingerprint density at radius 1 is 1.37 bits per heavy atom. The van der Waals surface area contributed by atoms with Gasteiger partial charge in [0.2, 0.25) is 0 Å². The Labute approximate surface area is 113 Å². The summed E-state index contributed by atoms with van der Waals surface area (Å²) in [4.78, 5) is 2.67. The molecule has 100 valence electrons. The molecule has 0 amide bonds. The maximum Gasteiger partial charge on any atom is 0.0651 e. The van der Waals surface area contributed by atoms with Crippen molar-refractivity contribution in [3.63, 3.8) is 0 Å². The summed E-state index contributed by atoms with van der Waals surface area (Å²) in [6.45, 7) is 3.55. The number of likely N-dealkylation sites (tertiary alicyclic amines) is 1. The van der Waals surface area contributed by atoms with Crippen LogP contribution < -0.4 is 5.32 Å². The molecule has 2 unspecified atom stereocenters. The number of rotatable bonds is 3.